The van der Waals surface area contributed by atoms with Gasteiger partial charge in [-0.05, 0) is 51.3 Å². The van der Waals surface area contributed by atoms with Crippen LogP contribution in [0.4, 0.5) is 0 Å². The van der Waals surface area contributed by atoms with E-state index in [9.17, 15) is 0 Å². The van der Waals surface area contributed by atoms with E-state index in [1.54, 1.807) is 7.11 Å². The predicted molar refractivity (Wildman–Crippen MR) is 111 cm³/mol. The van der Waals surface area contributed by atoms with E-state index in [0.717, 1.165) is 39.7 Å². The van der Waals surface area contributed by atoms with E-state index in [0.29, 0.717) is 18.1 Å². The van der Waals surface area contributed by atoms with E-state index in [4.69, 9.17) is 24.9 Å². The van der Waals surface area contributed by atoms with Crippen molar-refractivity contribution in [3.63, 3.8) is 0 Å². The van der Waals surface area contributed by atoms with Gasteiger partial charge in [-0.25, -0.2) is 9.97 Å². The summed E-state index contributed by atoms with van der Waals surface area (Å²) in [6, 6.07) is 15.8. The Kier molecular flexibility index (Phi) is 4.98. The highest BCUT2D eigenvalue weighted by atomic mass is 16.5. The Bertz CT molecular complexity index is 1090. The molecule has 6 nitrogen and oxygen atoms in total. The van der Waals surface area contributed by atoms with Crippen molar-refractivity contribution in [2.75, 3.05) is 27.7 Å². The number of furan rings is 1. The Morgan fingerprint density at radius 2 is 1.93 bits per heavy atom. The fourth-order valence-electron chi connectivity index (χ4n) is 3.59. The Hall–Kier alpha value is -2.96. The molecule has 0 aliphatic heterocycles. The second-order valence-electron chi connectivity index (χ2n) is 6.99. The van der Waals surface area contributed by atoms with E-state index < -0.39 is 0 Å². The van der Waals surface area contributed by atoms with Crippen molar-refractivity contribution in [2.45, 2.75) is 12.5 Å². The van der Waals surface area contributed by atoms with Gasteiger partial charge < -0.3 is 19.8 Å². The normalized spacial score (nSPS) is 12.8. The monoisotopic (exact) mass is 376 g/mol. The molecule has 0 saturated heterocycles. The molecule has 6 heteroatoms. The molecule has 1 atom stereocenters. The van der Waals surface area contributed by atoms with Crippen molar-refractivity contribution >= 4 is 21.9 Å². The lowest BCUT2D eigenvalue weighted by atomic mass is 10.0. The van der Waals surface area contributed by atoms with Gasteiger partial charge in [-0.2, -0.15) is 0 Å². The molecule has 4 aromatic rings. The van der Waals surface area contributed by atoms with Crippen LogP contribution in [0.1, 0.15) is 18.2 Å². The van der Waals surface area contributed by atoms with Crippen LogP contribution in [0, 0.1) is 0 Å². The summed E-state index contributed by atoms with van der Waals surface area (Å²) in [5, 5.41) is 1.94. The topological polar surface area (TPSA) is 77.4 Å². The summed E-state index contributed by atoms with van der Waals surface area (Å²) < 4.78 is 11.6. The molecule has 0 spiro atoms. The second-order valence-corrected chi connectivity index (χ2v) is 6.99. The van der Waals surface area contributed by atoms with Gasteiger partial charge in [0.1, 0.15) is 11.3 Å². The highest BCUT2D eigenvalue weighted by molar-refractivity contribution is 5.89. The first kappa shape index (κ1) is 18.4. The molecule has 4 rings (SSSR count). The molecule has 0 radical (unpaired) electrons. The lowest BCUT2D eigenvalue weighted by Crippen LogP contribution is -2.24. The molecule has 0 aliphatic carbocycles. The third-order valence-corrected chi connectivity index (χ3v) is 4.96. The summed E-state index contributed by atoms with van der Waals surface area (Å²) >= 11 is 0. The molecule has 2 heterocycles. The molecule has 1 unspecified atom stereocenters. The molecule has 28 heavy (non-hydrogen) atoms. The lowest BCUT2D eigenvalue weighted by Gasteiger charge is -2.25. The minimum atomic E-state index is 0.0370. The fraction of sp³-hybridized carbons (Fsp3) is 0.273. The summed E-state index contributed by atoms with van der Waals surface area (Å²) in [6.07, 6.45) is 0.775. The van der Waals surface area contributed by atoms with Gasteiger partial charge in [0.2, 0.25) is 0 Å². The summed E-state index contributed by atoms with van der Waals surface area (Å²) in [5.74, 6) is 1.97. The van der Waals surface area contributed by atoms with Crippen LogP contribution in [0.3, 0.4) is 0 Å². The number of methoxy groups -OCH3 is 1. The molecule has 2 aromatic heterocycles. The van der Waals surface area contributed by atoms with Crippen molar-refractivity contribution in [2.24, 2.45) is 5.73 Å². The number of hydrogen-bond donors (Lipinski definition) is 1. The summed E-state index contributed by atoms with van der Waals surface area (Å²) in [4.78, 5) is 11.8. The zero-order valence-electron chi connectivity index (χ0n) is 16.3. The predicted octanol–water partition coefficient (Wildman–Crippen LogP) is 4.00. The number of rotatable bonds is 6. The number of aromatic nitrogens is 2. The van der Waals surface area contributed by atoms with Gasteiger partial charge in [0, 0.05) is 5.39 Å². The molecule has 0 bridgehead atoms. The average Bonchev–Trinajstić information content (AvgIpc) is 3.15. The standard InChI is InChI=1S/C22H24N4O2/c1-26(2)16(11-12-23)21-20-15(8-6-10-18(20)27-3)24-22(25-21)19-13-14-7-4-5-9-17(14)28-19/h4-10,13,16H,11-12,23H2,1-3H3. The number of benzene rings is 2. The largest absolute Gasteiger partial charge is 0.496 e. The minimum absolute atomic E-state index is 0.0370. The maximum Gasteiger partial charge on any atom is 0.196 e. The molecule has 0 aliphatic rings. The lowest BCUT2D eigenvalue weighted by molar-refractivity contribution is 0.282. The molecule has 144 valence electrons. The van der Waals surface area contributed by atoms with Crippen LogP contribution in [-0.2, 0) is 0 Å². The second kappa shape index (κ2) is 7.58. The van der Waals surface area contributed by atoms with Crippen LogP contribution in [-0.4, -0.2) is 42.6 Å². The Labute approximate surface area is 163 Å². The van der Waals surface area contributed by atoms with Gasteiger partial charge >= 0.3 is 0 Å². The van der Waals surface area contributed by atoms with Crippen LogP contribution in [0.2, 0.25) is 0 Å². The number of fused-ring (bicyclic) bond motifs is 2. The zero-order chi connectivity index (χ0) is 19.7. The van der Waals surface area contributed by atoms with Gasteiger partial charge in [-0.1, -0.05) is 24.3 Å². The van der Waals surface area contributed by atoms with E-state index in [1.165, 1.54) is 0 Å². The highest BCUT2D eigenvalue weighted by Gasteiger charge is 2.23. The first-order chi connectivity index (χ1) is 13.6. The van der Waals surface area contributed by atoms with Gasteiger partial charge in [0.15, 0.2) is 11.6 Å². The molecular weight excluding hydrogens is 352 g/mol. The first-order valence-corrected chi connectivity index (χ1v) is 9.32. The van der Waals surface area contributed by atoms with Crippen molar-refractivity contribution < 1.29 is 9.15 Å². The van der Waals surface area contributed by atoms with Crippen LogP contribution < -0.4 is 10.5 Å². The van der Waals surface area contributed by atoms with E-state index in [-0.39, 0.29) is 6.04 Å². The summed E-state index contributed by atoms with van der Waals surface area (Å²) in [6.45, 7) is 0.559. The average molecular weight is 376 g/mol. The summed E-state index contributed by atoms with van der Waals surface area (Å²) in [7, 11) is 5.73. The van der Waals surface area contributed by atoms with Gasteiger partial charge in [-0.15, -0.1) is 0 Å². The number of nitrogens with zero attached hydrogens (tertiary/aromatic N) is 3. The van der Waals surface area contributed by atoms with E-state index >= 15 is 0 Å². The van der Waals surface area contributed by atoms with Crippen molar-refractivity contribution in [3.8, 4) is 17.3 Å². The van der Waals surface area contributed by atoms with Gasteiger partial charge in [0.05, 0.1) is 29.7 Å². The van der Waals surface area contributed by atoms with Crippen molar-refractivity contribution in [1.29, 1.82) is 0 Å². The first-order valence-electron chi connectivity index (χ1n) is 9.32. The SMILES string of the molecule is COc1cccc2nc(-c3cc4ccccc4o3)nc(C(CCN)N(C)C)c12. The number of nitrogens with two attached hydrogens (primary N) is 1. The zero-order valence-corrected chi connectivity index (χ0v) is 16.3. The maximum absolute atomic E-state index is 6.02. The fourth-order valence-corrected chi connectivity index (χ4v) is 3.59. The molecule has 0 saturated carbocycles. The number of hydrogen-bond acceptors (Lipinski definition) is 6. The molecular formula is C22H24N4O2. The highest BCUT2D eigenvalue weighted by Crippen LogP contribution is 2.35. The number of para-hydroxylation sites is 1. The molecule has 2 aromatic carbocycles. The quantitative estimate of drug-likeness (QED) is 0.548. The maximum atomic E-state index is 6.02. The Morgan fingerprint density at radius 1 is 1.11 bits per heavy atom. The molecule has 0 fully saturated rings. The molecule has 0 amide bonds. The number of ether oxygens (including phenoxy) is 1. The Morgan fingerprint density at radius 3 is 2.64 bits per heavy atom. The Balaban J connectivity index is 1.98. The van der Waals surface area contributed by atoms with Crippen LogP contribution in [0.25, 0.3) is 33.5 Å². The molecule has 2 N–H and O–H groups in total. The smallest absolute Gasteiger partial charge is 0.196 e. The van der Waals surface area contributed by atoms with Crippen LogP contribution >= 0.6 is 0 Å². The third kappa shape index (κ3) is 3.21. The van der Waals surface area contributed by atoms with Gasteiger partial charge in [0.25, 0.3) is 0 Å². The van der Waals surface area contributed by atoms with E-state index in [2.05, 4.69) is 4.90 Å². The van der Waals surface area contributed by atoms with Crippen molar-refractivity contribution in [3.05, 3.63) is 54.2 Å². The van der Waals surface area contributed by atoms with E-state index in [1.807, 2.05) is 62.6 Å². The van der Waals surface area contributed by atoms with Crippen LogP contribution in [0.15, 0.2) is 52.9 Å². The van der Waals surface area contributed by atoms with Crippen molar-refractivity contribution in [1.82, 2.24) is 14.9 Å². The minimum Gasteiger partial charge on any atom is -0.496 e. The van der Waals surface area contributed by atoms with Crippen LogP contribution in [0.5, 0.6) is 5.75 Å². The summed E-state index contributed by atoms with van der Waals surface area (Å²) in [5.41, 5.74) is 8.44. The third-order valence-electron chi connectivity index (χ3n) is 4.96. The van der Waals surface area contributed by atoms with Gasteiger partial charge in [-0.3, -0.25) is 0 Å².